The lowest BCUT2D eigenvalue weighted by Gasteiger charge is -2.28. The molecule has 0 aliphatic carbocycles. The normalized spacial score (nSPS) is 14.2. The van der Waals surface area contributed by atoms with Gasteiger partial charge in [0.25, 0.3) is 5.91 Å². The Morgan fingerprint density at radius 3 is 3.06 bits per heavy atom. The van der Waals surface area contributed by atoms with E-state index in [1.54, 1.807) is 11.0 Å². The van der Waals surface area contributed by atoms with Crippen LogP contribution in [0.5, 0.6) is 5.75 Å². The minimum absolute atomic E-state index is 0.0395. The first-order valence-corrected chi connectivity index (χ1v) is 5.63. The number of rotatable bonds is 4. The molecule has 0 aromatic heterocycles. The monoisotopic (exact) mass is 232 g/mol. The van der Waals surface area contributed by atoms with Gasteiger partial charge in [0.2, 0.25) is 0 Å². The van der Waals surface area contributed by atoms with Crippen LogP contribution < -0.4 is 15.4 Å². The van der Waals surface area contributed by atoms with Crippen molar-refractivity contribution >= 4 is 11.6 Å². The van der Waals surface area contributed by atoms with E-state index in [9.17, 15) is 4.79 Å². The molecule has 0 radical (unpaired) electrons. The van der Waals surface area contributed by atoms with Crippen molar-refractivity contribution in [2.24, 2.45) is 5.73 Å². The Bertz CT molecular complexity index is 443. The molecular formula is C13H16N2O2. The fourth-order valence-electron chi connectivity index (χ4n) is 1.90. The zero-order valence-electron chi connectivity index (χ0n) is 9.69. The second-order valence-electron chi connectivity index (χ2n) is 3.92. The van der Waals surface area contributed by atoms with Gasteiger partial charge >= 0.3 is 0 Å². The van der Waals surface area contributed by atoms with Crippen LogP contribution in [-0.2, 0) is 11.2 Å². The number of ether oxygens (including phenoxy) is 1. The van der Waals surface area contributed by atoms with Crippen LogP contribution in [0.3, 0.4) is 0 Å². The average molecular weight is 232 g/mol. The minimum Gasteiger partial charge on any atom is -0.482 e. The SMILES string of the molecule is C=CCN1C(=O)COc2ccc(CCN)cc21. The van der Waals surface area contributed by atoms with Crippen molar-refractivity contribution in [3.63, 3.8) is 0 Å². The number of nitrogens with two attached hydrogens (primary N) is 1. The summed E-state index contributed by atoms with van der Waals surface area (Å²) in [6.07, 6.45) is 2.51. The molecule has 0 spiro atoms. The predicted octanol–water partition coefficient (Wildman–Crippen LogP) is 1.10. The van der Waals surface area contributed by atoms with E-state index in [-0.39, 0.29) is 12.5 Å². The summed E-state index contributed by atoms with van der Waals surface area (Å²) < 4.78 is 5.39. The molecule has 0 atom stereocenters. The second kappa shape index (κ2) is 5.01. The van der Waals surface area contributed by atoms with Gasteiger partial charge < -0.3 is 15.4 Å². The number of anilines is 1. The number of carbonyl (C=O) groups is 1. The third-order valence-corrected chi connectivity index (χ3v) is 2.71. The fourth-order valence-corrected chi connectivity index (χ4v) is 1.90. The highest BCUT2D eigenvalue weighted by molar-refractivity contribution is 5.98. The van der Waals surface area contributed by atoms with Crippen LogP contribution in [0, 0.1) is 0 Å². The molecular weight excluding hydrogens is 216 g/mol. The smallest absolute Gasteiger partial charge is 0.265 e. The molecule has 1 amide bonds. The van der Waals surface area contributed by atoms with Crippen molar-refractivity contribution in [2.45, 2.75) is 6.42 Å². The summed E-state index contributed by atoms with van der Waals surface area (Å²) in [5.41, 5.74) is 7.45. The lowest BCUT2D eigenvalue weighted by Crippen LogP contribution is -2.38. The number of carbonyl (C=O) groups excluding carboxylic acids is 1. The van der Waals surface area contributed by atoms with E-state index < -0.39 is 0 Å². The Morgan fingerprint density at radius 2 is 2.35 bits per heavy atom. The molecule has 2 N–H and O–H groups in total. The molecule has 1 aromatic carbocycles. The average Bonchev–Trinajstić information content (AvgIpc) is 2.33. The quantitative estimate of drug-likeness (QED) is 0.791. The van der Waals surface area contributed by atoms with E-state index in [1.807, 2.05) is 18.2 Å². The Balaban J connectivity index is 2.37. The van der Waals surface area contributed by atoms with Crippen LogP contribution >= 0.6 is 0 Å². The van der Waals surface area contributed by atoms with E-state index in [0.717, 1.165) is 23.4 Å². The van der Waals surface area contributed by atoms with Gasteiger partial charge in [-0.15, -0.1) is 6.58 Å². The molecule has 0 saturated heterocycles. The first kappa shape index (κ1) is 11.7. The number of nitrogens with zero attached hydrogens (tertiary/aromatic N) is 1. The van der Waals surface area contributed by atoms with Crippen LogP contribution in [0.1, 0.15) is 5.56 Å². The minimum atomic E-state index is -0.0395. The Morgan fingerprint density at radius 1 is 1.53 bits per heavy atom. The molecule has 90 valence electrons. The highest BCUT2D eigenvalue weighted by atomic mass is 16.5. The molecule has 2 rings (SSSR count). The zero-order chi connectivity index (χ0) is 12.3. The summed E-state index contributed by atoms with van der Waals surface area (Å²) in [5.74, 6) is 0.703. The molecule has 0 bridgehead atoms. The van der Waals surface area contributed by atoms with Crippen molar-refractivity contribution < 1.29 is 9.53 Å². The number of benzene rings is 1. The van der Waals surface area contributed by atoms with Gasteiger partial charge in [-0.2, -0.15) is 0 Å². The van der Waals surface area contributed by atoms with Gasteiger partial charge in [0.15, 0.2) is 6.61 Å². The molecule has 4 heteroatoms. The van der Waals surface area contributed by atoms with Crippen molar-refractivity contribution in [1.82, 2.24) is 0 Å². The Labute approximate surface area is 101 Å². The van der Waals surface area contributed by atoms with E-state index in [0.29, 0.717) is 13.1 Å². The predicted molar refractivity (Wildman–Crippen MR) is 67.2 cm³/mol. The molecule has 4 nitrogen and oxygen atoms in total. The summed E-state index contributed by atoms with van der Waals surface area (Å²) >= 11 is 0. The molecule has 1 aromatic rings. The van der Waals surface area contributed by atoms with E-state index >= 15 is 0 Å². The van der Waals surface area contributed by atoms with Crippen molar-refractivity contribution in [1.29, 1.82) is 0 Å². The lowest BCUT2D eigenvalue weighted by atomic mass is 10.1. The first-order valence-electron chi connectivity index (χ1n) is 5.63. The van der Waals surface area contributed by atoms with Gasteiger partial charge in [0, 0.05) is 6.54 Å². The van der Waals surface area contributed by atoms with E-state index in [1.165, 1.54) is 0 Å². The van der Waals surface area contributed by atoms with Crippen molar-refractivity contribution in [2.75, 3.05) is 24.6 Å². The summed E-state index contributed by atoms with van der Waals surface area (Å²) in [4.78, 5) is 13.4. The number of hydrogen-bond acceptors (Lipinski definition) is 3. The Kier molecular flexibility index (Phi) is 3.44. The van der Waals surface area contributed by atoms with Crippen LogP contribution in [0.4, 0.5) is 5.69 Å². The largest absolute Gasteiger partial charge is 0.482 e. The fraction of sp³-hybridized carbons (Fsp3) is 0.308. The highest BCUT2D eigenvalue weighted by Gasteiger charge is 2.24. The third-order valence-electron chi connectivity index (χ3n) is 2.71. The topological polar surface area (TPSA) is 55.6 Å². The standard InChI is InChI=1S/C13H16N2O2/c1-2-7-15-11-8-10(5-6-14)3-4-12(11)17-9-13(15)16/h2-4,8H,1,5-7,9,14H2. The zero-order valence-corrected chi connectivity index (χ0v) is 9.69. The first-order chi connectivity index (χ1) is 8.26. The van der Waals surface area contributed by atoms with Crippen molar-refractivity contribution in [3.05, 3.63) is 36.4 Å². The van der Waals surface area contributed by atoms with Gasteiger partial charge in [0.1, 0.15) is 5.75 Å². The number of fused-ring (bicyclic) bond motifs is 1. The lowest BCUT2D eigenvalue weighted by molar-refractivity contribution is -0.121. The van der Waals surface area contributed by atoms with Crippen LogP contribution in [0.2, 0.25) is 0 Å². The molecule has 1 aliphatic rings. The van der Waals surface area contributed by atoms with Crippen LogP contribution in [-0.4, -0.2) is 25.6 Å². The summed E-state index contributed by atoms with van der Waals surface area (Å²) in [5, 5.41) is 0. The van der Waals surface area contributed by atoms with E-state index in [4.69, 9.17) is 10.5 Å². The second-order valence-corrected chi connectivity index (χ2v) is 3.92. The Hall–Kier alpha value is -1.81. The van der Waals surface area contributed by atoms with Gasteiger partial charge in [0.05, 0.1) is 5.69 Å². The van der Waals surface area contributed by atoms with Gasteiger partial charge in [-0.1, -0.05) is 12.1 Å². The van der Waals surface area contributed by atoms with Crippen LogP contribution in [0.15, 0.2) is 30.9 Å². The van der Waals surface area contributed by atoms with Gasteiger partial charge in [-0.05, 0) is 30.7 Å². The highest BCUT2D eigenvalue weighted by Crippen LogP contribution is 2.32. The maximum absolute atomic E-state index is 11.7. The number of amides is 1. The third kappa shape index (κ3) is 2.31. The number of hydrogen-bond donors (Lipinski definition) is 1. The maximum Gasteiger partial charge on any atom is 0.265 e. The molecule has 0 saturated carbocycles. The van der Waals surface area contributed by atoms with E-state index in [2.05, 4.69) is 6.58 Å². The molecule has 1 heterocycles. The van der Waals surface area contributed by atoms with Crippen molar-refractivity contribution in [3.8, 4) is 5.75 Å². The summed E-state index contributed by atoms with van der Waals surface area (Å²) in [6, 6.07) is 5.83. The van der Waals surface area contributed by atoms with Gasteiger partial charge in [-0.3, -0.25) is 4.79 Å². The molecule has 1 aliphatic heterocycles. The molecule has 17 heavy (non-hydrogen) atoms. The molecule has 0 fully saturated rings. The van der Waals surface area contributed by atoms with Gasteiger partial charge in [-0.25, -0.2) is 0 Å². The maximum atomic E-state index is 11.7. The summed E-state index contributed by atoms with van der Waals surface area (Å²) in [7, 11) is 0. The summed E-state index contributed by atoms with van der Waals surface area (Å²) in [6.45, 7) is 4.85. The molecule has 0 unspecified atom stereocenters. The van der Waals surface area contributed by atoms with Crippen LogP contribution in [0.25, 0.3) is 0 Å².